The number of nitrogens with one attached hydrogen (secondary N) is 1. The molecular formula is C14H14BrIN2. The molecule has 3 rings (SSSR count). The number of aromatic nitrogens is 1. The van der Waals surface area contributed by atoms with Gasteiger partial charge < -0.3 is 5.32 Å². The van der Waals surface area contributed by atoms with Crippen LogP contribution in [-0.4, -0.2) is 12.0 Å². The van der Waals surface area contributed by atoms with Gasteiger partial charge in [0.05, 0.1) is 5.52 Å². The molecule has 0 spiro atoms. The average molecular weight is 417 g/mol. The van der Waals surface area contributed by atoms with Crippen LogP contribution in [0.3, 0.4) is 0 Å². The largest absolute Gasteiger partial charge is 0.387 e. The van der Waals surface area contributed by atoms with Crippen molar-refractivity contribution in [2.24, 2.45) is 0 Å². The SMILES string of the molecule is CNc1c2c(nc3c(I)ccc(Br)c13)CCCC2. The molecule has 1 aromatic carbocycles. The van der Waals surface area contributed by atoms with Crippen molar-refractivity contribution in [2.75, 3.05) is 12.4 Å². The van der Waals surface area contributed by atoms with Crippen molar-refractivity contribution in [1.29, 1.82) is 0 Å². The predicted octanol–water partition coefficient (Wildman–Crippen LogP) is 4.52. The maximum Gasteiger partial charge on any atom is 0.0871 e. The molecule has 0 amide bonds. The van der Waals surface area contributed by atoms with Crippen molar-refractivity contribution in [1.82, 2.24) is 4.98 Å². The summed E-state index contributed by atoms with van der Waals surface area (Å²) in [6.45, 7) is 0. The van der Waals surface area contributed by atoms with E-state index in [0.29, 0.717) is 0 Å². The Labute approximate surface area is 129 Å². The normalized spacial score (nSPS) is 14.6. The Kier molecular flexibility index (Phi) is 3.49. The summed E-state index contributed by atoms with van der Waals surface area (Å²) in [5.41, 5.74) is 5.09. The van der Waals surface area contributed by atoms with Crippen molar-refractivity contribution in [3.8, 4) is 0 Å². The molecule has 0 saturated carbocycles. The van der Waals surface area contributed by atoms with E-state index in [1.165, 1.54) is 38.7 Å². The minimum Gasteiger partial charge on any atom is -0.387 e. The highest BCUT2D eigenvalue weighted by Crippen LogP contribution is 2.38. The zero-order chi connectivity index (χ0) is 12.7. The lowest BCUT2D eigenvalue weighted by molar-refractivity contribution is 0.672. The predicted molar refractivity (Wildman–Crippen MR) is 88.3 cm³/mol. The molecule has 0 bridgehead atoms. The third kappa shape index (κ3) is 1.93. The number of anilines is 1. The Morgan fingerprint density at radius 3 is 2.83 bits per heavy atom. The van der Waals surface area contributed by atoms with Gasteiger partial charge in [0.25, 0.3) is 0 Å². The molecule has 18 heavy (non-hydrogen) atoms. The number of benzene rings is 1. The Hall–Kier alpha value is -0.360. The van der Waals surface area contributed by atoms with Gasteiger partial charge in [-0.3, -0.25) is 4.98 Å². The van der Waals surface area contributed by atoms with Gasteiger partial charge in [0.15, 0.2) is 0 Å². The van der Waals surface area contributed by atoms with Crippen LogP contribution >= 0.6 is 38.5 Å². The van der Waals surface area contributed by atoms with Crippen LogP contribution in [0, 0.1) is 3.57 Å². The number of hydrogen-bond acceptors (Lipinski definition) is 2. The van der Waals surface area contributed by atoms with Gasteiger partial charge >= 0.3 is 0 Å². The van der Waals surface area contributed by atoms with Crippen molar-refractivity contribution in [2.45, 2.75) is 25.7 Å². The van der Waals surface area contributed by atoms with E-state index < -0.39 is 0 Å². The van der Waals surface area contributed by atoms with Gasteiger partial charge in [-0.25, -0.2) is 0 Å². The van der Waals surface area contributed by atoms with Crippen LogP contribution < -0.4 is 5.32 Å². The van der Waals surface area contributed by atoms with Crippen molar-refractivity contribution >= 4 is 55.1 Å². The van der Waals surface area contributed by atoms with E-state index in [9.17, 15) is 0 Å². The molecule has 94 valence electrons. The second-order valence-corrected chi connectivity index (χ2v) is 6.64. The molecule has 0 atom stereocenters. The van der Waals surface area contributed by atoms with E-state index in [-0.39, 0.29) is 0 Å². The van der Waals surface area contributed by atoms with Crippen LogP contribution in [0.1, 0.15) is 24.1 Å². The minimum absolute atomic E-state index is 1.11. The summed E-state index contributed by atoms with van der Waals surface area (Å²) >= 11 is 6.04. The number of pyridine rings is 1. The topological polar surface area (TPSA) is 24.9 Å². The number of aryl methyl sites for hydroxylation is 1. The van der Waals surface area contributed by atoms with Crippen LogP contribution in [0.2, 0.25) is 0 Å². The summed E-state index contributed by atoms with van der Waals surface area (Å²) in [5.74, 6) is 0. The number of rotatable bonds is 1. The summed E-state index contributed by atoms with van der Waals surface area (Å²) in [6, 6.07) is 4.23. The van der Waals surface area contributed by atoms with E-state index >= 15 is 0 Å². The molecule has 0 saturated heterocycles. The zero-order valence-electron chi connectivity index (χ0n) is 10.2. The van der Waals surface area contributed by atoms with E-state index in [1.807, 2.05) is 7.05 Å². The summed E-state index contributed by atoms with van der Waals surface area (Å²) < 4.78 is 2.35. The first kappa shape index (κ1) is 12.7. The number of hydrogen-bond donors (Lipinski definition) is 1. The van der Waals surface area contributed by atoms with E-state index in [0.717, 1.165) is 22.8 Å². The van der Waals surface area contributed by atoms with Gasteiger partial charge in [-0.2, -0.15) is 0 Å². The quantitative estimate of drug-likeness (QED) is 0.691. The average Bonchev–Trinajstić information content (AvgIpc) is 2.41. The highest BCUT2D eigenvalue weighted by molar-refractivity contribution is 14.1. The third-order valence-corrected chi connectivity index (χ3v) is 5.10. The fourth-order valence-corrected chi connectivity index (χ4v) is 3.82. The summed E-state index contributed by atoms with van der Waals surface area (Å²) in [7, 11) is 2.01. The fraction of sp³-hybridized carbons (Fsp3) is 0.357. The van der Waals surface area contributed by atoms with Crippen LogP contribution in [0.5, 0.6) is 0 Å². The molecule has 1 aliphatic carbocycles. The molecule has 0 radical (unpaired) electrons. The Balaban J connectivity index is 2.44. The lowest BCUT2D eigenvalue weighted by Gasteiger charge is -2.21. The zero-order valence-corrected chi connectivity index (χ0v) is 13.9. The molecule has 1 aromatic heterocycles. The summed E-state index contributed by atoms with van der Waals surface area (Å²) in [6.07, 6.45) is 4.80. The lowest BCUT2D eigenvalue weighted by atomic mass is 9.93. The smallest absolute Gasteiger partial charge is 0.0871 e. The number of nitrogens with zero attached hydrogens (tertiary/aromatic N) is 1. The molecular weight excluding hydrogens is 403 g/mol. The van der Waals surface area contributed by atoms with Crippen molar-refractivity contribution in [3.63, 3.8) is 0 Å². The van der Waals surface area contributed by atoms with E-state index in [2.05, 4.69) is 56.0 Å². The molecule has 0 unspecified atom stereocenters. The van der Waals surface area contributed by atoms with Crippen molar-refractivity contribution in [3.05, 3.63) is 31.4 Å². The molecule has 1 aliphatic rings. The molecule has 0 aliphatic heterocycles. The van der Waals surface area contributed by atoms with Gasteiger partial charge in [-0.05, 0) is 66.0 Å². The fourth-order valence-electron chi connectivity index (χ4n) is 2.73. The maximum atomic E-state index is 4.91. The first-order chi connectivity index (χ1) is 8.72. The monoisotopic (exact) mass is 416 g/mol. The van der Waals surface area contributed by atoms with E-state index in [1.54, 1.807) is 0 Å². The first-order valence-corrected chi connectivity index (χ1v) is 8.06. The van der Waals surface area contributed by atoms with Gasteiger partial charge in [0, 0.05) is 31.9 Å². The molecule has 4 heteroatoms. The van der Waals surface area contributed by atoms with Gasteiger partial charge in [0.2, 0.25) is 0 Å². The second kappa shape index (κ2) is 4.96. The van der Waals surface area contributed by atoms with Gasteiger partial charge in [-0.15, -0.1) is 0 Å². The minimum atomic E-state index is 1.11. The van der Waals surface area contributed by atoms with Crippen LogP contribution in [-0.2, 0) is 12.8 Å². The van der Waals surface area contributed by atoms with Crippen LogP contribution in [0.25, 0.3) is 10.9 Å². The maximum absolute atomic E-state index is 4.91. The standard InChI is InChI=1S/C14H14BrIN2/c1-17-13-8-4-2-3-5-11(8)18-14-10(16)7-6-9(15)12(13)14/h6-7H,2-5H2,1H3,(H,17,18). The van der Waals surface area contributed by atoms with Gasteiger partial charge in [0.1, 0.15) is 0 Å². The molecule has 1 N–H and O–H groups in total. The highest BCUT2D eigenvalue weighted by Gasteiger charge is 2.19. The first-order valence-electron chi connectivity index (χ1n) is 6.19. The molecule has 2 nitrogen and oxygen atoms in total. The van der Waals surface area contributed by atoms with Crippen molar-refractivity contribution < 1.29 is 0 Å². The third-order valence-electron chi connectivity index (χ3n) is 3.57. The summed E-state index contributed by atoms with van der Waals surface area (Å²) in [5, 5.41) is 4.62. The number of fused-ring (bicyclic) bond motifs is 2. The Bertz CT molecular complexity index is 625. The number of halogens is 2. The van der Waals surface area contributed by atoms with Crippen LogP contribution in [0.4, 0.5) is 5.69 Å². The van der Waals surface area contributed by atoms with E-state index in [4.69, 9.17) is 4.98 Å². The summed E-state index contributed by atoms with van der Waals surface area (Å²) in [4.78, 5) is 4.91. The molecule has 0 fully saturated rings. The highest BCUT2D eigenvalue weighted by atomic mass is 127. The molecule has 2 aromatic rings. The van der Waals surface area contributed by atoms with Crippen LogP contribution in [0.15, 0.2) is 16.6 Å². The van der Waals surface area contributed by atoms with Gasteiger partial charge in [-0.1, -0.05) is 15.9 Å². The second-order valence-electron chi connectivity index (χ2n) is 4.62. The lowest BCUT2D eigenvalue weighted by Crippen LogP contribution is -2.10. The Morgan fingerprint density at radius 2 is 2.06 bits per heavy atom. The Morgan fingerprint density at radius 1 is 1.28 bits per heavy atom. The molecule has 1 heterocycles.